The van der Waals surface area contributed by atoms with Gasteiger partial charge in [0, 0.05) is 11.8 Å². The highest BCUT2D eigenvalue weighted by molar-refractivity contribution is 6.06. The van der Waals surface area contributed by atoms with Gasteiger partial charge in [-0.2, -0.15) is 0 Å². The molecule has 0 radical (unpaired) electrons. The van der Waals surface area contributed by atoms with Crippen LogP contribution in [0.2, 0.25) is 0 Å². The Hall–Kier alpha value is -2.04. The molecule has 1 aromatic rings. The Bertz CT molecular complexity index is 530. The van der Waals surface area contributed by atoms with Crippen molar-refractivity contribution in [3.63, 3.8) is 0 Å². The van der Waals surface area contributed by atoms with E-state index in [1.54, 1.807) is 6.07 Å². The first-order valence-corrected chi connectivity index (χ1v) is 7.40. The van der Waals surface area contributed by atoms with Crippen LogP contribution in [0.1, 0.15) is 27.2 Å². The van der Waals surface area contributed by atoms with Gasteiger partial charge in [0.2, 0.25) is 11.8 Å². The number of nitrogens with zero attached hydrogens (tertiary/aromatic N) is 1. The maximum atomic E-state index is 12.6. The second-order valence-electron chi connectivity index (χ2n) is 5.29. The molecule has 0 spiro atoms. The number of hydrogen-bond acceptors (Lipinski definition) is 3. The highest BCUT2D eigenvalue weighted by Gasteiger charge is 2.36. The lowest BCUT2D eigenvalue weighted by atomic mass is 9.96. The topological polar surface area (TPSA) is 58.6 Å². The van der Waals surface area contributed by atoms with Crippen molar-refractivity contribution in [2.24, 2.45) is 5.92 Å². The quantitative estimate of drug-likeness (QED) is 0.902. The molecule has 21 heavy (non-hydrogen) atoms. The summed E-state index contributed by atoms with van der Waals surface area (Å²) in [6, 6.07) is 6.85. The minimum absolute atomic E-state index is 0.0569. The second kappa shape index (κ2) is 6.61. The molecule has 0 saturated carbocycles. The lowest BCUT2D eigenvalue weighted by Gasteiger charge is -2.35. The molecule has 1 aliphatic heterocycles. The average molecular weight is 290 g/mol. The van der Waals surface area contributed by atoms with Crippen molar-refractivity contribution < 1.29 is 14.3 Å². The third-order valence-electron chi connectivity index (χ3n) is 3.80. The van der Waals surface area contributed by atoms with E-state index in [9.17, 15) is 9.59 Å². The van der Waals surface area contributed by atoms with Crippen molar-refractivity contribution in [3.05, 3.63) is 24.3 Å². The Morgan fingerprint density at radius 3 is 2.81 bits per heavy atom. The van der Waals surface area contributed by atoms with Crippen molar-refractivity contribution in [2.45, 2.75) is 33.2 Å². The number of amides is 2. The van der Waals surface area contributed by atoms with E-state index in [2.05, 4.69) is 5.32 Å². The molecule has 114 valence electrons. The van der Waals surface area contributed by atoms with Crippen LogP contribution in [0.25, 0.3) is 0 Å². The predicted molar refractivity (Wildman–Crippen MR) is 81.3 cm³/mol. The molecule has 1 saturated heterocycles. The van der Waals surface area contributed by atoms with E-state index in [0.717, 1.165) is 6.42 Å². The zero-order chi connectivity index (χ0) is 15.4. The molecule has 2 rings (SSSR count). The van der Waals surface area contributed by atoms with Crippen LogP contribution in [-0.2, 0) is 9.59 Å². The minimum atomic E-state index is -0.452. The number of carbonyl (C=O) groups excluding carboxylic acids is 2. The van der Waals surface area contributed by atoms with Gasteiger partial charge in [0.25, 0.3) is 0 Å². The predicted octanol–water partition coefficient (Wildman–Crippen LogP) is 1.96. The number of benzene rings is 1. The van der Waals surface area contributed by atoms with E-state index >= 15 is 0 Å². The number of hydrogen-bond donors (Lipinski definition) is 1. The van der Waals surface area contributed by atoms with Crippen molar-refractivity contribution in [3.8, 4) is 5.75 Å². The zero-order valence-corrected chi connectivity index (χ0v) is 12.8. The van der Waals surface area contributed by atoms with Gasteiger partial charge in [-0.15, -0.1) is 0 Å². The highest BCUT2D eigenvalue weighted by Crippen LogP contribution is 2.25. The fourth-order valence-corrected chi connectivity index (χ4v) is 2.42. The van der Waals surface area contributed by atoms with E-state index in [0.29, 0.717) is 18.0 Å². The first-order chi connectivity index (χ1) is 10.1. The van der Waals surface area contributed by atoms with Gasteiger partial charge in [0.15, 0.2) is 0 Å². The summed E-state index contributed by atoms with van der Waals surface area (Å²) in [5, 5.41) is 2.79. The SMILES string of the molecule is CCOc1cccc(N2CC(=O)NC(C(C)CC)C2=O)c1. The van der Waals surface area contributed by atoms with Gasteiger partial charge in [0.1, 0.15) is 18.3 Å². The van der Waals surface area contributed by atoms with E-state index in [4.69, 9.17) is 4.74 Å². The number of anilines is 1. The molecule has 5 nitrogen and oxygen atoms in total. The molecule has 5 heteroatoms. The van der Waals surface area contributed by atoms with Gasteiger partial charge < -0.3 is 15.0 Å². The van der Waals surface area contributed by atoms with Crippen LogP contribution < -0.4 is 15.0 Å². The van der Waals surface area contributed by atoms with Crippen molar-refractivity contribution >= 4 is 17.5 Å². The fourth-order valence-electron chi connectivity index (χ4n) is 2.42. The third-order valence-corrected chi connectivity index (χ3v) is 3.80. The Morgan fingerprint density at radius 1 is 1.38 bits per heavy atom. The van der Waals surface area contributed by atoms with Crippen molar-refractivity contribution in [1.82, 2.24) is 5.32 Å². The van der Waals surface area contributed by atoms with Gasteiger partial charge in [-0.05, 0) is 25.0 Å². The molecular formula is C16H22N2O3. The molecule has 0 aliphatic carbocycles. The lowest BCUT2D eigenvalue weighted by Crippen LogP contribution is -2.60. The maximum Gasteiger partial charge on any atom is 0.250 e. The zero-order valence-electron chi connectivity index (χ0n) is 12.8. The number of nitrogens with one attached hydrogen (secondary N) is 1. The third kappa shape index (κ3) is 3.35. The summed E-state index contributed by atoms with van der Waals surface area (Å²) in [4.78, 5) is 26.0. The molecule has 2 atom stereocenters. The molecule has 1 fully saturated rings. The number of carbonyl (C=O) groups is 2. The van der Waals surface area contributed by atoms with Crippen LogP contribution in [0.15, 0.2) is 24.3 Å². The summed E-state index contributed by atoms with van der Waals surface area (Å²) in [5.41, 5.74) is 0.703. The smallest absolute Gasteiger partial charge is 0.250 e. The molecule has 1 aromatic carbocycles. The van der Waals surface area contributed by atoms with Crippen LogP contribution in [0.3, 0.4) is 0 Å². The highest BCUT2D eigenvalue weighted by atomic mass is 16.5. The standard InChI is InChI=1S/C16H22N2O3/c1-4-11(3)15-16(20)18(10-14(19)17-15)12-7-6-8-13(9-12)21-5-2/h6-9,11,15H,4-5,10H2,1-3H3,(H,17,19). The van der Waals surface area contributed by atoms with Crippen LogP contribution in [0, 0.1) is 5.92 Å². The van der Waals surface area contributed by atoms with E-state index in [1.165, 1.54) is 4.90 Å². The van der Waals surface area contributed by atoms with Gasteiger partial charge in [-0.1, -0.05) is 26.3 Å². The molecule has 1 heterocycles. The van der Waals surface area contributed by atoms with E-state index in [1.807, 2.05) is 39.0 Å². The maximum absolute atomic E-state index is 12.6. The van der Waals surface area contributed by atoms with Crippen molar-refractivity contribution in [2.75, 3.05) is 18.1 Å². The molecular weight excluding hydrogens is 268 g/mol. The summed E-state index contributed by atoms with van der Waals surface area (Å²) < 4.78 is 5.46. The fraction of sp³-hybridized carbons (Fsp3) is 0.500. The Kier molecular flexibility index (Phi) is 4.83. The van der Waals surface area contributed by atoms with Gasteiger partial charge in [-0.3, -0.25) is 9.59 Å². The van der Waals surface area contributed by atoms with Gasteiger partial charge in [-0.25, -0.2) is 0 Å². The van der Waals surface area contributed by atoms with E-state index < -0.39 is 6.04 Å². The van der Waals surface area contributed by atoms with Crippen LogP contribution in [-0.4, -0.2) is 31.0 Å². The number of ether oxygens (including phenoxy) is 1. The van der Waals surface area contributed by atoms with Crippen LogP contribution in [0.5, 0.6) is 5.75 Å². The summed E-state index contributed by atoms with van der Waals surface area (Å²) >= 11 is 0. The first kappa shape index (κ1) is 15.4. The van der Waals surface area contributed by atoms with Crippen LogP contribution in [0.4, 0.5) is 5.69 Å². The second-order valence-corrected chi connectivity index (χ2v) is 5.29. The van der Waals surface area contributed by atoms with Crippen LogP contribution >= 0.6 is 0 Å². The molecule has 0 bridgehead atoms. The Labute approximate surface area is 125 Å². The summed E-state index contributed by atoms with van der Waals surface area (Å²) in [6.45, 7) is 6.52. The number of rotatable bonds is 5. The summed E-state index contributed by atoms with van der Waals surface area (Å²) in [7, 11) is 0. The lowest BCUT2D eigenvalue weighted by molar-refractivity contribution is -0.132. The molecule has 2 amide bonds. The molecule has 1 aliphatic rings. The largest absolute Gasteiger partial charge is 0.494 e. The molecule has 2 unspecified atom stereocenters. The number of piperazine rings is 1. The monoisotopic (exact) mass is 290 g/mol. The van der Waals surface area contributed by atoms with E-state index in [-0.39, 0.29) is 24.3 Å². The first-order valence-electron chi connectivity index (χ1n) is 7.40. The van der Waals surface area contributed by atoms with Crippen molar-refractivity contribution in [1.29, 1.82) is 0 Å². The Balaban J connectivity index is 2.27. The summed E-state index contributed by atoms with van der Waals surface area (Å²) in [6.07, 6.45) is 0.837. The Morgan fingerprint density at radius 2 is 2.14 bits per heavy atom. The minimum Gasteiger partial charge on any atom is -0.494 e. The van der Waals surface area contributed by atoms with Gasteiger partial charge in [0.05, 0.1) is 6.61 Å². The summed E-state index contributed by atoms with van der Waals surface area (Å²) in [5.74, 6) is 0.632. The average Bonchev–Trinajstić information content (AvgIpc) is 2.49. The molecule has 0 aromatic heterocycles. The molecule has 1 N–H and O–H groups in total. The van der Waals surface area contributed by atoms with Gasteiger partial charge >= 0.3 is 0 Å². The normalized spacial score (nSPS) is 20.1.